The first kappa shape index (κ1) is 35.2. The number of nitrogens with one attached hydrogen (secondary N) is 2. The number of nitrogens with zero attached hydrogens (tertiary/aromatic N) is 2. The van der Waals surface area contributed by atoms with Gasteiger partial charge in [0, 0.05) is 12.8 Å². The Morgan fingerprint density at radius 1 is 0.562 bits per heavy atom. The largest absolute Gasteiger partial charge is 0.493 e. The molecule has 0 aromatic heterocycles. The molecule has 48 heavy (non-hydrogen) atoms. The lowest BCUT2D eigenvalue weighted by Gasteiger charge is -2.11. The molecular weight excluding hydrogens is 608 g/mol. The number of hydrogen-bond acceptors (Lipinski definition) is 8. The summed E-state index contributed by atoms with van der Waals surface area (Å²) in [5.74, 6) is 2.08. The first-order valence-electron chi connectivity index (χ1n) is 15.9. The highest BCUT2D eigenvalue weighted by atomic mass is 16.5. The van der Waals surface area contributed by atoms with E-state index in [4.69, 9.17) is 18.9 Å². The second-order valence-electron chi connectivity index (χ2n) is 10.9. The van der Waals surface area contributed by atoms with Gasteiger partial charge in [-0.25, -0.2) is 10.9 Å². The summed E-state index contributed by atoms with van der Waals surface area (Å²) in [7, 11) is 3.16. The summed E-state index contributed by atoms with van der Waals surface area (Å²) in [5.41, 5.74) is 8.78. The molecule has 0 aliphatic rings. The Kier molecular flexibility index (Phi) is 14.5. The number of benzene rings is 4. The Labute approximate surface area is 281 Å². The molecule has 4 rings (SSSR count). The van der Waals surface area contributed by atoms with E-state index in [9.17, 15) is 9.59 Å². The van der Waals surface area contributed by atoms with Gasteiger partial charge in [0.1, 0.15) is 13.2 Å². The maximum absolute atomic E-state index is 12.2. The highest BCUT2D eigenvalue weighted by Gasteiger charge is 2.08. The van der Waals surface area contributed by atoms with Gasteiger partial charge >= 0.3 is 0 Å². The van der Waals surface area contributed by atoms with E-state index in [2.05, 4.69) is 21.1 Å². The molecule has 2 amide bonds. The van der Waals surface area contributed by atoms with Crippen molar-refractivity contribution in [2.24, 2.45) is 10.2 Å². The van der Waals surface area contributed by atoms with Crippen molar-refractivity contribution >= 4 is 24.2 Å². The first-order chi connectivity index (χ1) is 23.5. The maximum Gasteiger partial charge on any atom is 0.240 e. The molecule has 0 atom stereocenters. The molecule has 0 radical (unpaired) electrons. The molecule has 4 aromatic carbocycles. The van der Waals surface area contributed by atoms with Gasteiger partial charge in [0.25, 0.3) is 0 Å². The van der Waals surface area contributed by atoms with Crippen LogP contribution in [-0.2, 0) is 22.8 Å². The zero-order valence-electron chi connectivity index (χ0n) is 27.4. The monoisotopic (exact) mass is 650 g/mol. The van der Waals surface area contributed by atoms with Gasteiger partial charge < -0.3 is 18.9 Å². The number of methoxy groups -OCH3 is 2. The SMILES string of the molecule is COc1cc(/C=N\NC(=O)CCCCCCC(=O)N/N=C\c2ccc(OCc3ccccc3)c(OC)c2)ccc1OCc1ccccc1. The molecule has 0 aliphatic heterocycles. The van der Waals surface area contributed by atoms with E-state index < -0.39 is 0 Å². The minimum atomic E-state index is -0.166. The highest BCUT2D eigenvalue weighted by Crippen LogP contribution is 2.29. The van der Waals surface area contributed by atoms with Crippen LogP contribution >= 0.6 is 0 Å². The number of carbonyl (C=O) groups excluding carboxylic acids is 2. The zero-order valence-corrected chi connectivity index (χ0v) is 27.4. The van der Waals surface area contributed by atoms with Gasteiger partial charge in [-0.15, -0.1) is 0 Å². The number of unbranched alkanes of at least 4 members (excludes halogenated alkanes) is 3. The maximum atomic E-state index is 12.2. The predicted molar refractivity (Wildman–Crippen MR) is 187 cm³/mol. The average Bonchev–Trinajstić information content (AvgIpc) is 3.12. The summed E-state index contributed by atoms with van der Waals surface area (Å²) in [5, 5.41) is 8.12. The van der Waals surface area contributed by atoms with Gasteiger partial charge in [0.2, 0.25) is 11.8 Å². The lowest BCUT2D eigenvalue weighted by molar-refractivity contribution is -0.122. The van der Waals surface area contributed by atoms with Crippen molar-refractivity contribution in [3.05, 3.63) is 119 Å². The fourth-order valence-electron chi connectivity index (χ4n) is 4.63. The smallest absolute Gasteiger partial charge is 0.240 e. The molecule has 0 saturated carbocycles. The van der Waals surface area contributed by atoms with Crippen molar-refractivity contribution < 1.29 is 28.5 Å². The molecule has 10 nitrogen and oxygen atoms in total. The minimum Gasteiger partial charge on any atom is -0.493 e. The molecule has 0 spiro atoms. The molecule has 0 bridgehead atoms. The summed E-state index contributed by atoms with van der Waals surface area (Å²) >= 11 is 0. The molecule has 2 N–H and O–H groups in total. The third kappa shape index (κ3) is 12.3. The van der Waals surface area contributed by atoms with Crippen LogP contribution in [0.3, 0.4) is 0 Å². The van der Waals surface area contributed by atoms with Crippen molar-refractivity contribution in [1.29, 1.82) is 0 Å². The Balaban J connectivity index is 1.07. The van der Waals surface area contributed by atoms with Crippen LogP contribution in [0.2, 0.25) is 0 Å². The van der Waals surface area contributed by atoms with Crippen LogP contribution in [0.15, 0.2) is 107 Å². The quantitative estimate of drug-likeness (QED) is 0.0654. The van der Waals surface area contributed by atoms with Gasteiger partial charge in [-0.1, -0.05) is 73.5 Å². The van der Waals surface area contributed by atoms with Crippen molar-refractivity contribution in [3.63, 3.8) is 0 Å². The lowest BCUT2D eigenvalue weighted by Crippen LogP contribution is -2.17. The highest BCUT2D eigenvalue weighted by molar-refractivity contribution is 5.84. The average molecular weight is 651 g/mol. The van der Waals surface area contributed by atoms with E-state index in [1.807, 2.05) is 84.9 Å². The Morgan fingerprint density at radius 3 is 1.38 bits per heavy atom. The number of carbonyl (C=O) groups is 2. The van der Waals surface area contributed by atoms with Crippen molar-refractivity contribution in [2.45, 2.75) is 51.7 Å². The lowest BCUT2D eigenvalue weighted by atomic mass is 10.1. The van der Waals surface area contributed by atoms with Crippen LogP contribution in [0.5, 0.6) is 23.0 Å². The normalized spacial score (nSPS) is 11.0. The minimum absolute atomic E-state index is 0.166. The number of ether oxygens (including phenoxy) is 4. The molecule has 0 heterocycles. The Hall–Kier alpha value is -5.64. The van der Waals surface area contributed by atoms with Gasteiger partial charge in [0.15, 0.2) is 23.0 Å². The van der Waals surface area contributed by atoms with Crippen LogP contribution < -0.4 is 29.8 Å². The molecule has 0 unspecified atom stereocenters. The van der Waals surface area contributed by atoms with Crippen LogP contribution in [-0.4, -0.2) is 38.5 Å². The van der Waals surface area contributed by atoms with E-state index in [0.29, 0.717) is 61.9 Å². The van der Waals surface area contributed by atoms with Gasteiger partial charge in [0.05, 0.1) is 26.6 Å². The summed E-state index contributed by atoms with van der Waals surface area (Å²) in [6, 6.07) is 30.7. The molecule has 0 aliphatic carbocycles. The summed E-state index contributed by atoms with van der Waals surface area (Å²) < 4.78 is 22.7. The number of hydrazone groups is 2. The van der Waals surface area contributed by atoms with E-state index in [-0.39, 0.29) is 11.8 Å². The number of hydrogen-bond donors (Lipinski definition) is 2. The van der Waals surface area contributed by atoms with Crippen LogP contribution in [0.4, 0.5) is 0 Å². The molecule has 250 valence electrons. The zero-order chi connectivity index (χ0) is 33.8. The second kappa shape index (κ2) is 19.8. The molecule has 0 saturated heterocycles. The van der Waals surface area contributed by atoms with Gasteiger partial charge in [-0.05, 0) is 71.5 Å². The third-order valence-electron chi connectivity index (χ3n) is 7.21. The van der Waals surface area contributed by atoms with Crippen LogP contribution in [0.1, 0.15) is 60.8 Å². The third-order valence-corrected chi connectivity index (χ3v) is 7.21. The summed E-state index contributed by atoms with van der Waals surface area (Å²) in [4.78, 5) is 24.4. The van der Waals surface area contributed by atoms with E-state index in [1.165, 1.54) is 0 Å². The van der Waals surface area contributed by atoms with Gasteiger partial charge in [-0.2, -0.15) is 10.2 Å². The van der Waals surface area contributed by atoms with Gasteiger partial charge in [-0.3, -0.25) is 9.59 Å². The molecule has 10 heteroatoms. The molecular formula is C38H42N4O6. The Morgan fingerprint density at radius 2 is 0.979 bits per heavy atom. The summed E-state index contributed by atoms with van der Waals surface area (Å²) in [6.45, 7) is 0.864. The first-order valence-corrected chi connectivity index (χ1v) is 15.9. The second-order valence-corrected chi connectivity index (χ2v) is 10.9. The predicted octanol–water partition coefficient (Wildman–Crippen LogP) is 6.80. The summed E-state index contributed by atoms with van der Waals surface area (Å²) in [6.07, 6.45) is 6.89. The van der Waals surface area contributed by atoms with E-state index in [0.717, 1.165) is 35.1 Å². The van der Waals surface area contributed by atoms with E-state index >= 15 is 0 Å². The standard InChI is InChI=1S/C38H42N4O6/c1-45-35-23-31(19-21-33(35)47-27-29-13-7-5-8-14-29)25-39-41-37(43)17-11-3-4-12-18-38(44)42-40-26-32-20-22-34(36(24-32)46-2)48-28-30-15-9-6-10-16-30/h5-10,13-16,19-26H,3-4,11-12,17-18,27-28H2,1-2H3,(H,41,43)(H,42,44)/b39-25-,40-26-. The Bertz CT molecular complexity index is 1520. The topological polar surface area (TPSA) is 120 Å². The van der Waals surface area contributed by atoms with Crippen molar-refractivity contribution in [2.75, 3.05) is 14.2 Å². The van der Waals surface area contributed by atoms with Crippen molar-refractivity contribution in [1.82, 2.24) is 10.9 Å². The molecule has 0 fully saturated rings. The van der Waals surface area contributed by atoms with Crippen LogP contribution in [0, 0.1) is 0 Å². The molecule has 4 aromatic rings. The van der Waals surface area contributed by atoms with Crippen molar-refractivity contribution in [3.8, 4) is 23.0 Å². The van der Waals surface area contributed by atoms with Crippen LogP contribution in [0.25, 0.3) is 0 Å². The number of rotatable bonds is 19. The fourth-order valence-corrected chi connectivity index (χ4v) is 4.63. The number of amides is 2. The fraction of sp³-hybridized carbons (Fsp3) is 0.263. The van der Waals surface area contributed by atoms with E-state index in [1.54, 1.807) is 38.8 Å².